The SMILES string of the molecule is COCc1nc(-c2ccncc2)nc(N)c1Br. The summed E-state index contributed by atoms with van der Waals surface area (Å²) < 4.78 is 5.74. The van der Waals surface area contributed by atoms with Crippen molar-refractivity contribution in [2.45, 2.75) is 6.61 Å². The van der Waals surface area contributed by atoms with E-state index in [4.69, 9.17) is 10.5 Å². The number of ether oxygens (including phenoxy) is 1. The fourth-order valence-electron chi connectivity index (χ4n) is 1.38. The van der Waals surface area contributed by atoms with E-state index in [2.05, 4.69) is 30.9 Å². The molecule has 0 saturated heterocycles. The minimum Gasteiger partial charge on any atom is -0.383 e. The Morgan fingerprint density at radius 1 is 1.29 bits per heavy atom. The first-order valence-corrected chi connectivity index (χ1v) is 5.73. The number of aromatic nitrogens is 3. The number of hydrogen-bond donors (Lipinski definition) is 1. The Hall–Kier alpha value is -1.53. The van der Waals surface area contributed by atoms with E-state index in [1.807, 2.05) is 12.1 Å². The van der Waals surface area contributed by atoms with Crippen molar-refractivity contribution in [3.8, 4) is 11.4 Å². The Kier molecular flexibility index (Phi) is 3.65. The summed E-state index contributed by atoms with van der Waals surface area (Å²) in [6.45, 7) is 0.380. The Morgan fingerprint density at radius 2 is 2.00 bits per heavy atom. The van der Waals surface area contributed by atoms with Crippen LogP contribution in [0.1, 0.15) is 5.69 Å². The van der Waals surface area contributed by atoms with Crippen LogP contribution >= 0.6 is 15.9 Å². The normalized spacial score (nSPS) is 10.5. The van der Waals surface area contributed by atoms with Gasteiger partial charge < -0.3 is 10.5 Å². The van der Waals surface area contributed by atoms with Crippen LogP contribution in [-0.2, 0) is 11.3 Å². The Morgan fingerprint density at radius 3 is 2.65 bits per heavy atom. The quantitative estimate of drug-likeness (QED) is 0.937. The summed E-state index contributed by atoms with van der Waals surface area (Å²) in [5, 5.41) is 0. The predicted octanol–water partition coefficient (Wildman–Crippen LogP) is 2.03. The van der Waals surface area contributed by atoms with Crippen molar-refractivity contribution in [1.29, 1.82) is 0 Å². The molecule has 0 aromatic carbocycles. The molecule has 0 unspecified atom stereocenters. The highest BCUT2D eigenvalue weighted by molar-refractivity contribution is 9.10. The van der Waals surface area contributed by atoms with E-state index < -0.39 is 0 Å². The highest BCUT2D eigenvalue weighted by atomic mass is 79.9. The lowest BCUT2D eigenvalue weighted by Crippen LogP contribution is -2.03. The molecule has 5 nitrogen and oxygen atoms in total. The van der Waals surface area contributed by atoms with Gasteiger partial charge in [-0.2, -0.15) is 0 Å². The van der Waals surface area contributed by atoms with E-state index >= 15 is 0 Å². The molecule has 6 heteroatoms. The molecular formula is C11H11BrN4O. The first kappa shape index (κ1) is 11.9. The van der Waals surface area contributed by atoms with Gasteiger partial charge in [-0.25, -0.2) is 9.97 Å². The number of methoxy groups -OCH3 is 1. The van der Waals surface area contributed by atoms with Gasteiger partial charge >= 0.3 is 0 Å². The summed E-state index contributed by atoms with van der Waals surface area (Å²) in [7, 11) is 1.61. The zero-order valence-electron chi connectivity index (χ0n) is 9.22. The van der Waals surface area contributed by atoms with Gasteiger partial charge in [-0.1, -0.05) is 0 Å². The maximum Gasteiger partial charge on any atom is 0.162 e. The molecule has 88 valence electrons. The highest BCUT2D eigenvalue weighted by Crippen LogP contribution is 2.25. The van der Waals surface area contributed by atoms with Gasteiger partial charge in [0.25, 0.3) is 0 Å². The van der Waals surface area contributed by atoms with Gasteiger partial charge in [0.05, 0.1) is 16.8 Å². The topological polar surface area (TPSA) is 73.9 Å². The molecule has 17 heavy (non-hydrogen) atoms. The minimum atomic E-state index is 0.380. The van der Waals surface area contributed by atoms with Gasteiger partial charge in [0.2, 0.25) is 0 Å². The van der Waals surface area contributed by atoms with Crippen molar-refractivity contribution in [1.82, 2.24) is 15.0 Å². The number of rotatable bonds is 3. The second-order valence-corrected chi connectivity index (χ2v) is 4.16. The average Bonchev–Trinajstić information content (AvgIpc) is 2.36. The van der Waals surface area contributed by atoms with E-state index in [-0.39, 0.29) is 0 Å². The molecule has 0 fully saturated rings. The second kappa shape index (κ2) is 5.20. The monoisotopic (exact) mass is 294 g/mol. The number of pyridine rings is 1. The molecule has 0 spiro atoms. The number of nitrogens with two attached hydrogens (primary N) is 1. The Bertz CT molecular complexity index is 518. The average molecular weight is 295 g/mol. The number of halogens is 1. The van der Waals surface area contributed by atoms with E-state index in [9.17, 15) is 0 Å². The maximum absolute atomic E-state index is 5.82. The van der Waals surface area contributed by atoms with Crippen molar-refractivity contribution in [2.24, 2.45) is 0 Å². The Balaban J connectivity index is 2.49. The molecule has 2 aromatic heterocycles. The van der Waals surface area contributed by atoms with E-state index in [1.165, 1.54) is 0 Å². The third-order valence-corrected chi connectivity index (χ3v) is 3.03. The molecule has 0 radical (unpaired) electrons. The lowest BCUT2D eigenvalue weighted by atomic mass is 10.2. The molecular weight excluding hydrogens is 284 g/mol. The number of nitrogens with zero attached hydrogens (tertiary/aromatic N) is 3. The first-order valence-electron chi connectivity index (χ1n) is 4.93. The lowest BCUT2D eigenvalue weighted by Gasteiger charge is -2.08. The molecule has 0 aliphatic carbocycles. The molecule has 0 aliphatic heterocycles. The Labute approximate surface area is 107 Å². The molecule has 2 heterocycles. The van der Waals surface area contributed by atoms with Gasteiger partial charge in [0, 0.05) is 25.1 Å². The first-order chi connectivity index (χ1) is 8.22. The van der Waals surface area contributed by atoms with Crippen LogP contribution < -0.4 is 5.73 Å². The molecule has 2 aromatic rings. The third kappa shape index (κ3) is 2.59. The molecule has 0 aliphatic rings. The van der Waals surface area contributed by atoms with Crippen LogP contribution in [0.3, 0.4) is 0 Å². The summed E-state index contributed by atoms with van der Waals surface area (Å²) in [5.41, 5.74) is 7.42. The summed E-state index contributed by atoms with van der Waals surface area (Å²) in [6.07, 6.45) is 3.37. The van der Waals surface area contributed by atoms with Crippen LogP contribution in [0.5, 0.6) is 0 Å². The molecule has 0 amide bonds. The third-order valence-electron chi connectivity index (χ3n) is 2.17. The van der Waals surface area contributed by atoms with Crippen LogP contribution in [-0.4, -0.2) is 22.1 Å². The van der Waals surface area contributed by atoms with Gasteiger partial charge in [0.15, 0.2) is 5.82 Å². The van der Waals surface area contributed by atoms with Crippen molar-refractivity contribution >= 4 is 21.7 Å². The van der Waals surface area contributed by atoms with Crippen molar-refractivity contribution in [3.63, 3.8) is 0 Å². The molecule has 0 bridgehead atoms. The van der Waals surface area contributed by atoms with Crippen LogP contribution in [0.25, 0.3) is 11.4 Å². The van der Waals surface area contributed by atoms with Crippen LogP contribution in [0.4, 0.5) is 5.82 Å². The fraction of sp³-hybridized carbons (Fsp3) is 0.182. The lowest BCUT2D eigenvalue weighted by molar-refractivity contribution is 0.181. The molecule has 0 saturated carbocycles. The smallest absolute Gasteiger partial charge is 0.162 e. The van der Waals surface area contributed by atoms with Crippen LogP contribution in [0.15, 0.2) is 29.0 Å². The largest absolute Gasteiger partial charge is 0.383 e. The number of nitrogen functional groups attached to an aromatic ring is 1. The van der Waals surface area contributed by atoms with Crippen LogP contribution in [0.2, 0.25) is 0 Å². The van der Waals surface area contributed by atoms with Crippen molar-refractivity contribution in [2.75, 3.05) is 12.8 Å². The maximum atomic E-state index is 5.82. The van der Waals surface area contributed by atoms with Crippen molar-refractivity contribution in [3.05, 3.63) is 34.7 Å². The summed E-state index contributed by atoms with van der Waals surface area (Å²) >= 11 is 3.35. The standard InChI is InChI=1S/C11H11BrN4O/c1-17-6-8-9(12)10(13)16-11(15-8)7-2-4-14-5-3-7/h2-5H,6H2,1H3,(H2,13,15,16). The predicted molar refractivity (Wildman–Crippen MR) is 68.1 cm³/mol. The van der Waals surface area contributed by atoms with E-state index in [0.29, 0.717) is 22.7 Å². The van der Waals surface area contributed by atoms with E-state index in [0.717, 1.165) is 11.3 Å². The van der Waals surface area contributed by atoms with Gasteiger partial charge in [0.1, 0.15) is 5.82 Å². The minimum absolute atomic E-state index is 0.380. The van der Waals surface area contributed by atoms with Crippen molar-refractivity contribution < 1.29 is 4.74 Å². The second-order valence-electron chi connectivity index (χ2n) is 3.36. The zero-order chi connectivity index (χ0) is 12.3. The van der Waals surface area contributed by atoms with Gasteiger partial charge in [-0.15, -0.1) is 0 Å². The zero-order valence-corrected chi connectivity index (χ0v) is 10.8. The molecule has 2 N–H and O–H groups in total. The van der Waals surface area contributed by atoms with Gasteiger partial charge in [-0.05, 0) is 28.1 Å². The van der Waals surface area contributed by atoms with Crippen LogP contribution in [0, 0.1) is 0 Å². The number of anilines is 1. The summed E-state index contributed by atoms with van der Waals surface area (Å²) in [6, 6.07) is 3.67. The van der Waals surface area contributed by atoms with Gasteiger partial charge in [-0.3, -0.25) is 4.98 Å². The number of hydrogen-bond acceptors (Lipinski definition) is 5. The fourth-order valence-corrected chi connectivity index (χ4v) is 1.67. The molecule has 0 atom stereocenters. The highest BCUT2D eigenvalue weighted by Gasteiger charge is 2.11. The van der Waals surface area contributed by atoms with E-state index in [1.54, 1.807) is 19.5 Å². The molecule has 2 rings (SSSR count). The summed E-state index contributed by atoms with van der Waals surface area (Å²) in [5.74, 6) is 0.971. The summed E-state index contributed by atoms with van der Waals surface area (Å²) in [4.78, 5) is 12.6.